The highest BCUT2D eigenvalue weighted by Crippen LogP contribution is 2.09. The monoisotopic (exact) mass is 422 g/mol. The van der Waals surface area contributed by atoms with Gasteiger partial charge in [0.2, 0.25) is 0 Å². The van der Waals surface area contributed by atoms with Crippen molar-refractivity contribution < 1.29 is 43.5 Å². The van der Waals surface area contributed by atoms with Crippen LogP contribution in [-0.2, 0) is 33.3 Å². The van der Waals surface area contributed by atoms with Crippen molar-refractivity contribution in [2.45, 2.75) is 51.4 Å². The number of esters is 1. The van der Waals surface area contributed by atoms with Crippen molar-refractivity contribution in [3.63, 3.8) is 0 Å². The van der Waals surface area contributed by atoms with E-state index in [2.05, 4.69) is 0 Å². The Kier molecular flexibility index (Phi) is 22.0. The van der Waals surface area contributed by atoms with E-state index < -0.39 is 5.97 Å². The molecule has 9 nitrogen and oxygen atoms in total. The average molecular weight is 423 g/mol. The van der Waals surface area contributed by atoms with Gasteiger partial charge in [-0.15, -0.1) is 0 Å². The lowest BCUT2D eigenvalue weighted by atomic mass is 10.1. The van der Waals surface area contributed by atoms with E-state index in [1.165, 1.54) is 0 Å². The van der Waals surface area contributed by atoms with E-state index in [0.29, 0.717) is 59.3 Å². The Balaban J connectivity index is 3.15. The van der Waals surface area contributed by atoms with Crippen molar-refractivity contribution in [3.8, 4) is 0 Å². The van der Waals surface area contributed by atoms with Crippen molar-refractivity contribution >= 4 is 11.9 Å². The fraction of sp³-hybridized carbons (Fsp3) is 0.900. The van der Waals surface area contributed by atoms with Crippen molar-refractivity contribution in [3.05, 3.63) is 0 Å². The first-order chi connectivity index (χ1) is 14.2. The zero-order chi connectivity index (χ0) is 21.4. The van der Waals surface area contributed by atoms with Crippen LogP contribution in [0.1, 0.15) is 51.4 Å². The number of carboxylic acid groups (broad SMARTS) is 1. The van der Waals surface area contributed by atoms with Crippen molar-refractivity contribution in [1.82, 2.24) is 0 Å². The molecule has 0 aromatic heterocycles. The van der Waals surface area contributed by atoms with Crippen LogP contribution in [-0.4, -0.2) is 88.2 Å². The van der Waals surface area contributed by atoms with Crippen LogP contribution in [0.5, 0.6) is 0 Å². The first-order valence-corrected chi connectivity index (χ1v) is 10.5. The Hall–Kier alpha value is -1.26. The minimum Gasteiger partial charge on any atom is -0.481 e. The van der Waals surface area contributed by atoms with E-state index in [9.17, 15) is 9.59 Å². The van der Waals surface area contributed by atoms with Crippen molar-refractivity contribution in [1.29, 1.82) is 0 Å². The normalized spacial score (nSPS) is 10.9. The molecule has 0 bridgehead atoms. The molecule has 0 fully saturated rings. The molecule has 0 aliphatic carbocycles. The second-order valence-corrected chi connectivity index (χ2v) is 6.41. The number of aliphatic hydroxyl groups is 1. The van der Waals surface area contributed by atoms with Crippen LogP contribution >= 0.6 is 0 Å². The van der Waals surface area contributed by atoms with Gasteiger partial charge in [0.05, 0.1) is 59.5 Å². The summed E-state index contributed by atoms with van der Waals surface area (Å²) in [6.45, 7) is 3.67. The van der Waals surface area contributed by atoms with Gasteiger partial charge in [0.25, 0.3) is 0 Å². The van der Waals surface area contributed by atoms with Gasteiger partial charge in [0, 0.05) is 12.8 Å². The highest BCUT2D eigenvalue weighted by molar-refractivity contribution is 5.69. The second kappa shape index (κ2) is 23.0. The summed E-state index contributed by atoms with van der Waals surface area (Å²) < 4.78 is 26.1. The lowest BCUT2D eigenvalue weighted by molar-refractivity contribution is -0.145. The Bertz CT molecular complexity index is 377. The van der Waals surface area contributed by atoms with E-state index in [1.807, 2.05) is 0 Å². The molecule has 29 heavy (non-hydrogen) atoms. The molecule has 0 aromatic carbocycles. The van der Waals surface area contributed by atoms with Gasteiger partial charge in [-0.1, -0.05) is 25.7 Å². The van der Waals surface area contributed by atoms with Gasteiger partial charge in [-0.05, 0) is 12.8 Å². The number of unbranched alkanes of at least 4 members (excludes halogenated alkanes) is 5. The maximum atomic E-state index is 11.6. The summed E-state index contributed by atoms with van der Waals surface area (Å²) in [6, 6.07) is 0. The first kappa shape index (κ1) is 27.7. The van der Waals surface area contributed by atoms with Crippen molar-refractivity contribution in [2.75, 3.05) is 66.1 Å². The SMILES string of the molecule is O=C(O)CCCCCCCCC(=O)OCCOCCOCCOCCOCCO. The number of hydrogen-bond acceptors (Lipinski definition) is 8. The standard InChI is InChI=1S/C20H38O9/c21-9-10-25-11-12-26-13-14-27-15-16-28-17-18-29-20(24)8-6-4-2-1-3-5-7-19(22)23/h21H,1-18H2,(H,22,23). The van der Waals surface area contributed by atoms with Crippen LogP contribution < -0.4 is 0 Å². The van der Waals surface area contributed by atoms with Crippen LogP contribution in [0.2, 0.25) is 0 Å². The number of ether oxygens (including phenoxy) is 5. The third-order valence-electron chi connectivity index (χ3n) is 3.86. The minimum absolute atomic E-state index is 0.0150. The largest absolute Gasteiger partial charge is 0.481 e. The van der Waals surface area contributed by atoms with Gasteiger partial charge in [0.1, 0.15) is 6.61 Å². The lowest BCUT2D eigenvalue weighted by Gasteiger charge is -2.08. The quantitative estimate of drug-likeness (QED) is 0.187. The summed E-state index contributed by atoms with van der Waals surface area (Å²) in [5.41, 5.74) is 0. The molecule has 0 rings (SSSR count). The molecule has 0 atom stereocenters. The molecule has 0 unspecified atom stereocenters. The molecule has 0 saturated carbocycles. The van der Waals surface area contributed by atoms with E-state index in [1.54, 1.807) is 0 Å². The van der Waals surface area contributed by atoms with Gasteiger partial charge in [-0.25, -0.2) is 0 Å². The van der Waals surface area contributed by atoms with Crippen LogP contribution in [0.3, 0.4) is 0 Å². The lowest BCUT2D eigenvalue weighted by Crippen LogP contribution is -2.14. The van der Waals surface area contributed by atoms with Gasteiger partial charge < -0.3 is 33.9 Å². The van der Waals surface area contributed by atoms with Crippen LogP contribution in [0.4, 0.5) is 0 Å². The third-order valence-corrected chi connectivity index (χ3v) is 3.86. The number of carbonyl (C=O) groups is 2. The van der Waals surface area contributed by atoms with Crippen LogP contribution in [0, 0.1) is 0 Å². The fourth-order valence-corrected chi connectivity index (χ4v) is 2.37. The highest BCUT2D eigenvalue weighted by atomic mass is 16.6. The Morgan fingerprint density at radius 3 is 1.45 bits per heavy atom. The Morgan fingerprint density at radius 1 is 0.552 bits per heavy atom. The first-order valence-electron chi connectivity index (χ1n) is 10.5. The average Bonchev–Trinajstić information content (AvgIpc) is 2.70. The summed E-state index contributed by atoms with van der Waals surface area (Å²) in [7, 11) is 0. The molecule has 172 valence electrons. The van der Waals surface area contributed by atoms with Gasteiger partial charge in [-0.3, -0.25) is 9.59 Å². The van der Waals surface area contributed by atoms with E-state index in [0.717, 1.165) is 38.5 Å². The molecule has 0 aliphatic heterocycles. The Morgan fingerprint density at radius 2 is 0.966 bits per heavy atom. The minimum atomic E-state index is -0.744. The predicted molar refractivity (Wildman–Crippen MR) is 106 cm³/mol. The molecule has 9 heteroatoms. The maximum absolute atomic E-state index is 11.6. The van der Waals surface area contributed by atoms with E-state index in [4.69, 9.17) is 33.9 Å². The molecule has 0 amide bonds. The summed E-state index contributed by atoms with van der Waals surface area (Å²) in [5.74, 6) is -0.956. The Labute approximate surface area is 173 Å². The van der Waals surface area contributed by atoms with Crippen LogP contribution in [0.15, 0.2) is 0 Å². The molecule has 0 saturated heterocycles. The number of rotatable bonds is 23. The molecular formula is C20H38O9. The van der Waals surface area contributed by atoms with E-state index >= 15 is 0 Å². The second-order valence-electron chi connectivity index (χ2n) is 6.41. The fourth-order valence-electron chi connectivity index (χ4n) is 2.37. The van der Waals surface area contributed by atoms with Crippen LogP contribution in [0.25, 0.3) is 0 Å². The molecule has 0 spiro atoms. The summed E-state index contributed by atoms with van der Waals surface area (Å²) in [4.78, 5) is 21.9. The predicted octanol–water partition coefficient (Wildman–Crippen LogP) is 1.79. The van der Waals surface area contributed by atoms with E-state index in [-0.39, 0.29) is 25.6 Å². The molecule has 0 heterocycles. The third kappa shape index (κ3) is 24.7. The number of carboxylic acids is 1. The van der Waals surface area contributed by atoms with Crippen molar-refractivity contribution in [2.24, 2.45) is 0 Å². The van der Waals surface area contributed by atoms with Gasteiger partial charge in [0.15, 0.2) is 0 Å². The molecule has 0 radical (unpaired) electrons. The summed E-state index contributed by atoms with van der Waals surface area (Å²) in [5, 5.41) is 17.1. The topological polar surface area (TPSA) is 121 Å². The highest BCUT2D eigenvalue weighted by Gasteiger charge is 2.03. The number of hydrogen-bond donors (Lipinski definition) is 2. The number of aliphatic hydroxyl groups excluding tert-OH is 1. The number of carbonyl (C=O) groups excluding carboxylic acids is 1. The molecule has 2 N–H and O–H groups in total. The molecule has 0 aliphatic rings. The zero-order valence-electron chi connectivity index (χ0n) is 17.5. The van der Waals surface area contributed by atoms with Gasteiger partial charge in [-0.2, -0.15) is 0 Å². The maximum Gasteiger partial charge on any atom is 0.305 e. The molecule has 0 aromatic rings. The zero-order valence-corrected chi connectivity index (χ0v) is 17.5. The van der Waals surface area contributed by atoms with Gasteiger partial charge >= 0.3 is 11.9 Å². The molecular weight excluding hydrogens is 384 g/mol. The smallest absolute Gasteiger partial charge is 0.305 e. The summed E-state index contributed by atoms with van der Waals surface area (Å²) in [6.07, 6.45) is 6.04. The summed E-state index contributed by atoms with van der Waals surface area (Å²) >= 11 is 0. The number of aliphatic carboxylic acids is 1.